The highest BCUT2D eigenvalue weighted by atomic mass is 16.3. The van der Waals surface area contributed by atoms with Gasteiger partial charge in [0.15, 0.2) is 0 Å². The van der Waals surface area contributed by atoms with Crippen LogP contribution < -0.4 is 11.1 Å². The molecule has 4 nitrogen and oxygen atoms in total. The molecule has 0 spiro atoms. The van der Waals surface area contributed by atoms with Crippen molar-refractivity contribution in [2.24, 2.45) is 0 Å². The standard InChI is InChI=1S/C24H35N3O/c1-5-6-11-18-16-20-22(28-18)19-15-17(12-13-21(19)27-23(20)25)10-8-7-9-14-26-24(2,3)4/h12-13,15-16,26H,5-11,14H2,1-4H3,(H2,25,27). The Bertz CT molecular complexity index is 921. The highest BCUT2D eigenvalue weighted by Gasteiger charge is 2.13. The van der Waals surface area contributed by atoms with Crippen LogP contribution in [0.25, 0.3) is 21.9 Å². The minimum absolute atomic E-state index is 0.206. The second kappa shape index (κ2) is 8.95. The number of nitrogens with one attached hydrogen (secondary N) is 1. The van der Waals surface area contributed by atoms with E-state index < -0.39 is 0 Å². The van der Waals surface area contributed by atoms with Gasteiger partial charge in [-0.3, -0.25) is 0 Å². The number of hydrogen-bond acceptors (Lipinski definition) is 4. The predicted molar refractivity (Wildman–Crippen MR) is 120 cm³/mol. The fourth-order valence-corrected chi connectivity index (χ4v) is 3.61. The van der Waals surface area contributed by atoms with Gasteiger partial charge in [0, 0.05) is 17.3 Å². The molecule has 3 aromatic rings. The molecule has 0 saturated heterocycles. The third kappa shape index (κ3) is 5.26. The third-order valence-electron chi connectivity index (χ3n) is 5.18. The van der Waals surface area contributed by atoms with Crippen molar-refractivity contribution in [2.75, 3.05) is 12.3 Å². The molecule has 0 amide bonds. The van der Waals surface area contributed by atoms with E-state index >= 15 is 0 Å². The maximum Gasteiger partial charge on any atom is 0.147 e. The zero-order chi connectivity index (χ0) is 20.1. The van der Waals surface area contributed by atoms with Crippen molar-refractivity contribution in [3.8, 4) is 0 Å². The summed E-state index contributed by atoms with van der Waals surface area (Å²) >= 11 is 0. The molecule has 0 unspecified atom stereocenters. The number of unbranched alkanes of at least 4 members (excludes halogenated alkanes) is 3. The molecule has 0 atom stereocenters. The quantitative estimate of drug-likeness (QED) is 0.446. The molecule has 2 aromatic heterocycles. The molecule has 152 valence electrons. The number of hydrogen-bond donors (Lipinski definition) is 2. The molecule has 1 aromatic carbocycles. The van der Waals surface area contributed by atoms with Gasteiger partial charge in [-0.1, -0.05) is 25.8 Å². The highest BCUT2D eigenvalue weighted by Crippen LogP contribution is 2.32. The Kier molecular flexibility index (Phi) is 6.61. The molecule has 3 N–H and O–H groups in total. The Morgan fingerprint density at radius 2 is 1.82 bits per heavy atom. The van der Waals surface area contributed by atoms with Crippen LogP contribution in [0.5, 0.6) is 0 Å². The summed E-state index contributed by atoms with van der Waals surface area (Å²) in [5.74, 6) is 1.57. The summed E-state index contributed by atoms with van der Waals surface area (Å²) in [5, 5.41) is 5.58. The SMILES string of the molecule is CCCCc1cc2c(N)nc3ccc(CCCCCNC(C)(C)C)cc3c2o1. The van der Waals surface area contributed by atoms with Gasteiger partial charge in [0.2, 0.25) is 0 Å². The number of fused-ring (bicyclic) bond motifs is 3. The number of aromatic nitrogens is 1. The Hall–Kier alpha value is -2.07. The summed E-state index contributed by atoms with van der Waals surface area (Å²) in [6.45, 7) is 9.92. The van der Waals surface area contributed by atoms with E-state index in [0.29, 0.717) is 5.82 Å². The fraction of sp³-hybridized carbons (Fsp3) is 0.542. The van der Waals surface area contributed by atoms with Crippen molar-refractivity contribution in [1.29, 1.82) is 0 Å². The van der Waals surface area contributed by atoms with E-state index in [2.05, 4.69) is 62.3 Å². The molecule has 0 aliphatic carbocycles. The summed E-state index contributed by atoms with van der Waals surface area (Å²) < 4.78 is 6.18. The van der Waals surface area contributed by atoms with Gasteiger partial charge in [0.05, 0.1) is 10.9 Å². The molecule has 28 heavy (non-hydrogen) atoms. The Labute approximate surface area is 168 Å². The maximum atomic E-state index is 6.18. The van der Waals surface area contributed by atoms with Crippen molar-refractivity contribution in [1.82, 2.24) is 10.3 Å². The first-order valence-electron chi connectivity index (χ1n) is 10.7. The van der Waals surface area contributed by atoms with Gasteiger partial charge in [-0.25, -0.2) is 4.98 Å². The summed E-state index contributed by atoms with van der Waals surface area (Å²) in [5.41, 5.74) is 9.54. The molecule has 2 heterocycles. The van der Waals surface area contributed by atoms with E-state index in [4.69, 9.17) is 10.2 Å². The van der Waals surface area contributed by atoms with Crippen molar-refractivity contribution in [3.63, 3.8) is 0 Å². The fourth-order valence-electron chi connectivity index (χ4n) is 3.61. The first kappa shape index (κ1) is 20.7. The lowest BCUT2D eigenvalue weighted by molar-refractivity contribution is 0.417. The second-order valence-corrected chi connectivity index (χ2v) is 8.90. The molecule has 3 rings (SSSR count). The zero-order valence-corrected chi connectivity index (χ0v) is 17.9. The summed E-state index contributed by atoms with van der Waals surface area (Å²) in [6, 6.07) is 8.57. The Morgan fingerprint density at radius 1 is 1.00 bits per heavy atom. The third-order valence-corrected chi connectivity index (χ3v) is 5.18. The number of rotatable bonds is 9. The normalized spacial score (nSPS) is 12.3. The van der Waals surface area contributed by atoms with Gasteiger partial charge in [0.1, 0.15) is 17.2 Å². The Morgan fingerprint density at radius 3 is 2.57 bits per heavy atom. The van der Waals surface area contributed by atoms with Crippen LogP contribution in [0, 0.1) is 0 Å². The summed E-state index contributed by atoms with van der Waals surface area (Å²) in [4.78, 5) is 4.59. The van der Waals surface area contributed by atoms with Crippen molar-refractivity contribution in [3.05, 3.63) is 35.6 Å². The van der Waals surface area contributed by atoms with Crippen LogP contribution in [0.3, 0.4) is 0 Å². The largest absolute Gasteiger partial charge is 0.460 e. The molecule has 0 saturated carbocycles. The monoisotopic (exact) mass is 381 g/mol. The second-order valence-electron chi connectivity index (χ2n) is 8.90. The van der Waals surface area contributed by atoms with Gasteiger partial charge < -0.3 is 15.5 Å². The Balaban J connectivity index is 1.70. The molecule has 0 aliphatic heterocycles. The minimum atomic E-state index is 0.206. The van der Waals surface area contributed by atoms with E-state index in [-0.39, 0.29) is 5.54 Å². The van der Waals surface area contributed by atoms with Gasteiger partial charge >= 0.3 is 0 Å². The predicted octanol–water partition coefficient (Wildman–Crippen LogP) is 6.01. The molecule has 0 aliphatic rings. The van der Waals surface area contributed by atoms with Crippen LogP contribution in [0.2, 0.25) is 0 Å². The van der Waals surface area contributed by atoms with E-state index in [0.717, 1.165) is 59.9 Å². The lowest BCUT2D eigenvalue weighted by atomic mass is 10.0. The molecule has 0 bridgehead atoms. The van der Waals surface area contributed by atoms with E-state index in [1.54, 1.807) is 0 Å². The average Bonchev–Trinajstić information content (AvgIpc) is 3.07. The highest BCUT2D eigenvalue weighted by molar-refractivity contribution is 6.07. The van der Waals surface area contributed by atoms with Crippen LogP contribution in [0.4, 0.5) is 5.82 Å². The molecule has 0 radical (unpaired) electrons. The number of nitrogens with two attached hydrogens (primary N) is 1. The number of pyridine rings is 1. The minimum Gasteiger partial charge on any atom is -0.460 e. The van der Waals surface area contributed by atoms with E-state index in [9.17, 15) is 0 Å². The van der Waals surface area contributed by atoms with Crippen molar-refractivity contribution < 1.29 is 4.42 Å². The van der Waals surface area contributed by atoms with Crippen molar-refractivity contribution >= 4 is 27.7 Å². The molecular weight excluding hydrogens is 346 g/mol. The van der Waals surface area contributed by atoms with Crippen LogP contribution in [-0.4, -0.2) is 17.1 Å². The average molecular weight is 382 g/mol. The van der Waals surface area contributed by atoms with E-state index in [1.165, 1.54) is 24.8 Å². The number of furan rings is 1. The number of nitrogens with zero attached hydrogens (tertiary/aromatic N) is 1. The van der Waals surface area contributed by atoms with Gasteiger partial charge in [-0.2, -0.15) is 0 Å². The van der Waals surface area contributed by atoms with E-state index in [1.807, 2.05) is 0 Å². The number of anilines is 1. The van der Waals surface area contributed by atoms with Crippen LogP contribution in [0.15, 0.2) is 28.7 Å². The van der Waals surface area contributed by atoms with Crippen LogP contribution in [-0.2, 0) is 12.8 Å². The number of benzene rings is 1. The molecule has 4 heteroatoms. The van der Waals surface area contributed by atoms with Gasteiger partial charge in [0.25, 0.3) is 0 Å². The topological polar surface area (TPSA) is 64.1 Å². The summed E-state index contributed by atoms with van der Waals surface area (Å²) in [7, 11) is 0. The number of aryl methyl sites for hydroxylation is 2. The summed E-state index contributed by atoms with van der Waals surface area (Å²) in [6.07, 6.45) is 7.96. The molecular formula is C24H35N3O. The number of nitrogen functional groups attached to an aromatic ring is 1. The van der Waals surface area contributed by atoms with Gasteiger partial charge in [-0.15, -0.1) is 0 Å². The van der Waals surface area contributed by atoms with Crippen molar-refractivity contribution in [2.45, 2.75) is 78.2 Å². The first-order chi connectivity index (χ1) is 13.4. The van der Waals surface area contributed by atoms with Crippen LogP contribution >= 0.6 is 0 Å². The lowest BCUT2D eigenvalue weighted by Crippen LogP contribution is -2.36. The smallest absolute Gasteiger partial charge is 0.147 e. The molecule has 0 fully saturated rings. The first-order valence-corrected chi connectivity index (χ1v) is 10.7. The lowest BCUT2D eigenvalue weighted by Gasteiger charge is -2.20. The zero-order valence-electron chi connectivity index (χ0n) is 17.9. The van der Waals surface area contributed by atoms with Crippen LogP contribution in [0.1, 0.15) is 71.1 Å². The van der Waals surface area contributed by atoms with Gasteiger partial charge in [-0.05, 0) is 76.8 Å². The maximum absolute atomic E-state index is 6.18.